The van der Waals surface area contributed by atoms with Gasteiger partial charge in [0.2, 0.25) is 0 Å². The van der Waals surface area contributed by atoms with Crippen molar-refractivity contribution < 1.29 is 15.6 Å². The molecule has 0 bridgehead atoms. The van der Waals surface area contributed by atoms with Gasteiger partial charge in [-0.2, -0.15) is 0 Å². The zero-order valence-corrected chi connectivity index (χ0v) is 25.5. The van der Waals surface area contributed by atoms with Crippen LogP contribution in [0, 0.1) is 17.3 Å². The van der Waals surface area contributed by atoms with E-state index in [1.165, 1.54) is 95.5 Å². The summed E-state index contributed by atoms with van der Waals surface area (Å²) in [5, 5.41) is 11.4. The van der Waals surface area contributed by atoms with E-state index in [0.29, 0.717) is 5.92 Å². The summed E-state index contributed by atoms with van der Waals surface area (Å²) in [6.07, 6.45) is 24.2. The van der Waals surface area contributed by atoms with E-state index in [-0.39, 0.29) is 5.92 Å². The zero-order chi connectivity index (χ0) is 27.8. The first kappa shape index (κ1) is 35.6. The molecule has 0 saturated carbocycles. The van der Waals surface area contributed by atoms with E-state index < -0.39 is 11.4 Å². The van der Waals surface area contributed by atoms with Gasteiger partial charge in [0.25, 0.3) is 0 Å². The van der Waals surface area contributed by atoms with E-state index in [1.54, 1.807) is 13.8 Å². The van der Waals surface area contributed by atoms with Crippen molar-refractivity contribution in [1.82, 2.24) is 0 Å². The van der Waals surface area contributed by atoms with Crippen molar-refractivity contribution in [3.8, 4) is 0 Å². The van der Waals surface area contributed by atoms with Crippen LogP contribution in [0.3, 0.4) is 0 Å². The maximum atomic E-state index is 11.4. The largest absolute Gasteiger partial charge is 0.550 e. The smallest absolute Gasteiger partial charge is 0.0739 e. The lowest BCUT2D eigenvalue weighted by Crippen LogP contribution is -2.50. The Morgan fingerprint density at radius 1 is 0.757 bits per heavy atom. The number of rotatable bonds is 22. The highest BCUT2D eigenvalue weighted by Crippen LogP contribution is 2.33. The molecule has 0 aliphatic carbocycles. The molecule has 0 saturated heterocycles. The first-order chi connectivity index (χ1) is 17.8. The van der Waals surface area contributed by atoms with Crippen LogP contribution in [0.2, 0.25) is 0 Å². The molecule has 0 heterocycles. The molecule has 1 atom stereocenters. The Hall–Kier alpha value is -1.35. The van der Waals surface area contributed by atoms with Crippen LogP contribution < -0.4 is 10.8 Å². The van der Waals surface area contributed by atoms with E-state index in [1.807, 2.05) is 18.2 Å². The molecule has 216 valence electrons. The molecule has 0 amide bonds. The molecule has 37 heavy (non-hydrogen) atoms. The minimum absolute atomic E-state index is 0.119. The number of carboxylic acid groups (broad SMARTS) is 1. The van der Waals surface area contributed by atoms with Gasteiger partial charge in [0, 0.05) is 11.4 Å². The van der Waals surface area contributed by atoms with Gasteiger partial charge in [-0.3, -0.25) is 0 Å². The third kappa shape index (κ3) is 20.3. The number of hydrogen-bond acceptors (Lipinski definition) is 2. The lowest BCUT2D eigenvalue weighted by Gasteiger charge is -2.36. The molecule has 1 rings (SSSR count). The molecule has 0 aliphatic rings. The molecule has 3 N–H and O–H groups in total. The number of aliphatic carboxylic acids is 1. The quantitative estimate of drug-likeness (QED) is 0.158. The third-order valence-corrected chi connectivity index (χ3v) is 7.81. The van der Waals surface area contributed by atoms with Crippen LogP contribution in [0.25, 0.3) is 0 Å². The minimum atomic E-state index is -0.942. The molecule has 1 unspecified atom stereocenters. The third-order valence-electron chi connectivity index (χ3n) is 7.81. The fraction of sp³-hybridized carbons (Fsp3) is 0.794. The molecule has 0 aliphatic heterocycles. The summed E-state index contributed by atoms with van der Waals surface area (Å²) in [7, 11) is 0. The maximum Gasteiger partial charge on any atom is 0.0739 e. The highest BCUT2D eigenvalue weighted by atomic mass is 16.4. The number of hydrogen-bond donors (Lipinski definition) is 1. The van der Waals surface area contributed by atoms with Crippen molar-refractivity contribution in [2.24, 2.45) is 17.3 Å². The predicted molar refractivity (Wildman–Crippen MR) is 159 cm³/mol. The number of unbranched alkanes of at least 4 members (excludes halogenated alkanes) is 13. The van der Waals surface area contributed by atoms with Gasteiger partial charge in [0.1, 0.15) is 0 Å². The second kappa shape index (κ2) is 23.7. The van der Waals surface area contributed by atoms with Gasteiger partial charge in [0.15, 0.2) is 0 Å². The molecule has 3 heteroatoms. The second-order valence-corrected chi connectivity index (χ2v) is 12.2. The van der Waals surface area contributed by atoms with Crippen LogP contribution in [-0.2, 0) is 11.2 Å². The van der Waals surface area contributed by atoms with Gasteiger partial charge < -0.3 is 15.6 Å². The highest BCUT2D eigenvalue weighted by molar-refractivity contribution is 5.71. The first-order valence-electron chi connectivity index (χ1n) is 15.8. The molecular formula is C34H63NO2. The summed E-state index contributed by atoms with van der Waals surface area (Å²) in [6.45, 7) is 11.4. The Kier molecular flexibility index (Phi) is 22.9. The van der Waals surface area contributed by atoms with Crippen molar-refractivity contribution in [3.63, 3.8) is 0 Å². The van der Waals surface area contributed by atoms with Gasteiger partial charge in [-0.05, 0) is 43.1 Å². The second-order valence-electron chi connectivity index (χ2n) is 12.2. The van der Waals surface area contributed by atoms with Crippen LogP contribution in [0.5, 0.6) is 0 Å². The fourth-order valence-corrected chi connectivity index (χ4v) is 4.93. The van der Waals surface area contributed by atoms with Gasteiger partial charge in [-0.1, -0.05) is 155 Å². The van der Waals surface area contributed by atoms with E-state index in [4.69, 9.17) is 0 Å². The number of carboxylic acids is 1. The zero-order valence-electron chi connectivity index (χ0n) is 25.5. The fourth-order valence-electron chi connectivity index (χ4n) is 4.93. The Morgan fingerprint density at radius 2 is 1.22 bits per heavy atom. The van der Waals surface area contributed by atoms with Gasteiger partial charge >= 0.3 is 0 Å². The van der Waals surface area contributed by atoms with Crippen LogP contribution in [-0.4, -0.2) is 12.5 Å². The maximum absolute atomic E-state index is 11.4. The molecule has 0 fully saturated rings. The Bertz CT molecular complexity index is 612. The monoisotopic (exact) mass is 517 g/mol. The Balaban J connectivity index is 0.000000712. The average Bonchev–Trinajstić information content (AvgIpc) is 2.87. The standard InChI is InChI=1S/C18H28O2.C16H35N/c1-14(2)9-8-12-16(18(3,4)17(19)20)13-15-10-6-5-7-11-15;1-2-3-4-5-6-7-8-9-10-11-12-13-14-15-16-17/h5-7,10-11,14,16H,8-9,12-13H2,1-4H3,(H,19,20);2-17H2,1H3. The van der Waals surface area contributed by atoms with E-state index in [9.17, 15) is 9.90 Å². The summed E-state index contributed by atoms with van der Waals surface area (Å²) >= 11 is 0. The Labute approximate surface area is 231 Å². The van der Waals surface area contributed by atoms with E-state index >= 15 is 0 Å². The van der Waals surface area contributed by atoms with Crippen LogP contribution in [0.1, 0.15) is 149 Å². The lowest BCUT2D eigenvalue weighted by molar-refractivity contribution is -0.368. The van der Waals surface area contributed by atoms with Crippen LogP contribution >= 0.6 is 0 Å². The van der Waals surface area contributed by atoms with Gasteiger partial charge in [-0.15, -0.1) is 0 Å². The van der Waals surface area contributed by atoms with Crippen molar-refractivity contribution in [2.75, 3.05) is 6.54 Å². The summed E-state index contributed by atoms with van der Waals surface area (Å²) in [4.78, 5) is 11.4. The highest BCUT2D eigenvalue weighted by Gasteiger charge is 2.30. The summed E-state index contributed by atoms with van der Waals surface area (Å²) in [5.74, 6) is -0.157. The normalized spacial score (nSPS) is 12.3. The molecule has 0 aromatic heterocycles. The topological polar surface area (TPSA) is 67.8 Å². The SMILES string of the molecule is CC(C)CCCC(Cc1ccccc1)C(C)(C)C(=O)[O-].CCCCCCCCCCCCCCCC[NH3+]. The average molecular weight is 518 g/mol. The summed E-state index contributed by atoms with van der Waals surface area (Å²) in [6, 6.07) is 10.1. The number of carbonyl (C=O) groups is 1. The molecular weight excluding hydrogens is 454 g/mol. The number of carbonyl (C=O) groups excluding carboxylic acids is 1. The van der Waals surface area contributed by atoms with Crippen LogP contribution in [0.4, 0.5) is 0 Å². The van der Waals surface area contributed by atoms with Crippen molar-refractivity contribution >= 4 is 5.97 Å². The summed E-state index contributed by atoms with van der Waals surface area (Å²) in [5.41, 5.74) is 4.30. The molecule has 0 spiro atoms. The summed E-state index contributed by atoms with van der Waals surface area (Å²) < 4.78 is 0. The van der Waals surface area contributed by atoms with Crippen molar-refractivity contribution in [1.29, 1.82) is 0 Å². The minimum Gasteiger partial charge on any atom is -0.550 e. The number of benzene rings is 1. The molecule has 1 aromatic carbocycles. The molecule has 3 nitrogen and oxygen atoms in total. The molecule has 1 aromatic rings. The first-order valence-corrected chi connectivity index (χ1v) is 15.8. The molecule has 0 radical (unpaired) electrons. The lowest BCUT2D eigenvalue weighted by atomic mass is 9.73. The van der Waals surface area contributed by atoms with Gasteiger partial charge in [0.05, 0.1) is 6.54 Å². The van der Waals surface area contributed by atoms with Crippen molar-refractivity contribution in [2.45, 2.75) is 150 Å². The van der Waals surface area contributed by atoms with Gasteiger partial charge in [-0.25, -0.2) is 0 Å². The predicted octanol–water partition coefficient (Wildman–Crippen LogP) is 8.16. The Morgan fingerprint density at radius 3 is 1.62 bits per heavy atom. The van der Waals surface area contributed by atoms with Crippen LogP contribution in [0.15, 0.2) is 30.3 Å². The van der Waals surface area contributed by atoms with Crippen molar-refractivity contribution in [3.05, 3.63) is 35.9 Å². The van der Waals surface area contributed by atoms with E-state index in [0.717, 1.165) is 32.2 Å². The van der Waals surface area contributed by atoms with E-state index in [2.05, 4.69) is 38.6 Å². The number of quaternary nitrogens is 1.